The van der Waals surface area contributed by atoms with E-state index in [0.717, 1.165) is 11.3 Å². The second-order valence-corrected chi connectivity index (χ2v) is 10.1. The molecule has 0 aliphatic carbocycles. The van der Waals surface area contributed by atoms with Gasteiger partial charge in [-0.3, -0.25) is 14.4 Å². The van der Waals surface area contributed by atoms with E-state index < -0.39 is 0 Å². The van der Waals surface area contributed by atoms with E-state index in [9.17, 15) is 14.4 Å². The number of carbonyl (C=O) groups excluding carboxylic acids is 3. The van der Waals surface area contributed by atoms with E-state index in [4.69, 9.17) is 4.74 Å². The molecule has 1 heterocycles. The molecule has 0 aliphatic rings. The molecule has 0 saturated carbocycles. The fourth-order valence-corrected chi connectivity index (χ4v) is 4.82. The molecule has 7 nitrogen and oxygen atoms in total. The molecule has 0 fully saturated rings. The molecule has 0 atom stereocenters. The Balaban J connectivity index is 1.17. The summed E-state index contributed by atoms with van der Waals surface area (Å²) in [5, 5.41) is 2.91. The minimum atomic E-state index is -0.320. The number of ketones is 2. The molecule has 44 heavy (non-hydrogen) atoms. The maximum atomic E-state index is 13.4. The first-order chi connectivity index (χ1) is 21.5. The Bertz CT molecular complexity index is 2010. The van der Waals surface area contributed by atoms with Crippen LogP contribution < -0.4 is 10.1 Å². The number of hydrogen-bond donors (Lipinski definition) is 2. The van der Waals surface area contributed by atoms with E-state index in [1.54, 1.807) is 79.9 Å². The Labute approximate surface area is 253 Å². The Morgan fingerprint density at radius 2 is 1.45 bits per heavy atom. The highest BCUT2D eigenvalue weighted by Gasteiger charge is 2.17. The van der Waals surface area contributed by atoms with Gasteiger partial charge in [0.2, 0.25) is 0 Å². The molecule has 0 unspecified atom stereocenters. The Morgan fingerprint density at radius 3 is 2.20 bits per heavy atom. The molecule has 2 N–H and O–H groups in total. The maximum absolute atomic E-state index is 13.4. The van der Waals surface area contributed by atoms with E-state index in [1.807, 2.05) is 54.6 Å². The number of aromatic amines is 1. The number of ether oxygens (including phenoxy) is 1. The van der Waals surface area contributed by atoms with Gasteiger partial charge < -0.3 is 15.0 Å². The van der Waals surface area contributed by atoms with Gasteiger partial charge >= 0.3 is 0 Å². The maximum Gasteiger partial charge on any atom is 0.256 e. The number of anilines is 1. The van der Waals surface area contributed by atoms with Crippen LogP contribution in [-0.2, 0) is 0 Å². The minimum absolute atomic E-state index is 0.0793. The van der Waals surface area contributed by atoms with Gasteiger partial charge in [-0.05, 0) is 72.3 Å². The van der Waals surface area contributed by atoms with Crippen molar-refractivity contribution >= 4 is 40.3 Å². The SMILES string of the molecule is COc1ccc(/C=C/C(=O)c2ccc(NC(=O)c3ccccc3-c3nc4ccc(C(=O)c5ccccc5)cc4[nH]3)cc2)cc1. The first-order valence-corrected chi connectivity index (χ1v) is 14.0. The lowest BCUT2D eigenvalue weighted by atomic mass is 10.0. The van der Waals surface area contributed by atoms with Crippen LogP contribution in [0.3, 0.4) is 0 Å². The fraction of sp³-hybridized carbons (Fsp3) is 0.0270. The molecule has 6 rings (SSSR count). The lowest BCUT2D eigenvalue weighted by Gasteiger charge is -2.09. The molecule has 214 valence electrons. The van der Waals surface area contributed by atoms with Gasteiger partial charge in [-0.2, -0.15) is 0 Å². The van der Waals surface area contributed by atoms with Gasteiger partial charge in [0.15, 0.2) is 11.6 Å². The molecule has 1 aromatic heterocycles. The number of carbonyl (C=O) groups is 3. The van der Waals surface area contributed by atoms with Crippen LogP contribution in [0.25, 0.3) is 28.5 Å². The van der Waals surface area contributed by atoms with Crippen molar-refractivity contribution in [2.75, 3.05) is 12.4 Å². The highest BCUT2D eigenvalue weighted by molar-refractivity contribution is 6.11. The zero-order valence-electron chi connectivity index (χ0n) is 23.8. The molecule has 0 radical (unpaired) electrons. The molecule has 0 aliphatic heterocycles. The Hall–Kier alpha value is -6.08. The average molecular weight is 578 g/mol. The van der Waals surface area contributed by atoms with Crippen molar-refractivity contribution < 1.29 is 19.1 Å². The summed E-state index contributed by atoms with van der Waals surface area (Å²) in [5.74, 6) is 0.711. The van der Waals surface area contributed by atoms with Crippen LogP contribution >= 0.6 is 0 Å². The molecular weight excluding hydrogens is 550 g/mol. The molecular formula is C37H27N3O4. The largest absolute Gasteiger partial charge is 0.497 e. The zero-order valence-corrected chi connectivity index (χ0v) is 23.8. The molecule has 7 heteroatoms. The molecule has 5 aromatic carbocycles. The summed E-state index contributed by atoms with van der Waals surface area (Å²) in [4.78, 5) is 46.9. The predicted octanol–water partition coefficient (Wildman–Crippen LogP) is 7.62. The number of rotatable bonds is 9. The number of fused-ring (bicyclic) bond motifs is 1. The quantitative estimate of drug-likeness (QED) is 0.136. The van der Waals surface area contributed by atoms with Crippen molar-refractivity contribution in [1.29, 1.82) is 0 Å². The topological polar surface area (TPSA) is 101 Å². The van der Waals surface area contributed by atoms with E-state index in [1.165, 1.54) is 6.08 Å². The van der Waals surface area contributed by atoms with Gasteiger partial charge in [0, 0.05) is 27.9 Å². The highest BCUT2D eigenvalue weighted by atomic mass is 16.5. The second-order valence-electron chi connectivity index (χ2n) is 10.1. The number of nitrogens with zero attached hydrogens (tertiary/aromatic N) is 1. The van der Waals surface area contributed by atoms with E-state index >= 15 is 0 Å². The lowest BCUT2D eigenvalue weighted by molar-refractivity contribution is 0.102. The van der Waals surface area contributed by atoms with Crippen LogP contribution in [0.1, 0.15) is 42.2 Å². The molecule has 0 spiro atoms. The molecule has 6 aromatic rings. The summed E-state index contributed by atoms with van der Waals surface area (Å²) in [6.07, 6.45) is 3.26. The van der Waals surface area contributed by atoms with Crippen molar-refractivity contribution in [3.8, 4) is 17.1 Å². The van der Waals surface area contributed by atoms with Crippen molar-refractivity contribution in [2.24, 2.45) is 0 Å². The molecule has 1 amide bonds. The predicted molar refractivity (Wildman–Crippen MR) is 172 cm³/mol. The summed E-state index contributed by atoms with van der Waals surface area (Å²) >= 11 is 0. The number of benzene rings is 5. The van der Waals surface area contributed by atoms with Crippen molar-refractivity contribution in [1.82, 2.24) is 9.97 Å². The minimum Gasteiger partial charge on any atom is -0.497 e. The van der Waals surface area contributed by atoms with Crippen LogP contribution in [-0.4, -0.2) is 34.6 Å². The zero-order chi connectivity index (χ0) is 30.5. The summed E-state index contributed by atoms with van der Waals surface area (Å²) < 4.78 is 5.16. The number of amides is 1. The van der Waals surface area contributed by atoms with E-state index in [2.05, 4.69) is 15.3 Å². The first kappa shape index (κ1) is 28.1. The summed E-state index contributed by atoms with van der Waals surface area (Å²) in [6, 6.07) is 35.7. The normalized spacial score (nSPS) is 11.0. The third-order valence-corrected chi connectivity index (χ3v) is 7.18. The van der Waals surface area contributed by atoms with Crippen LogP contribution in [0.15, 0.2) is 127 Å². The van der Waals surface area contributed by atoms with Crippen LogP contribution in [0, 0.1) is 0 Å². The van der Waals surface area contributed by atoms with Gasteiger partial charge in [-0.25, -0.2) is 4.98 Å². The first-order valence-electron chi connectivity index (χ1n) is 14.0. The van der Waals surface area contributed by atoms with Crippen molar-refractivity contribution in [3.05, 3.63) is 155 Å². The average Bonchev–Trinajstić information content (AvgIpc) is 3.51. The number of allylic oxidation sites excluding steroid dienone is 1. The Morgan fingerprint density at radius 1 is 0.750 bits per heavy atom. The standard InChI is InChI=1S/C37H27N3O4/c1-44-29-19-11-24(12-20-29)13-22-34(41)25-14-17-28(18-15-25)38-37(43)31-10-6-5-9-30(31)36-39-32-21-16-27(23-33(32)40-36)35(42)26-7-3-2-4-8-26/h2-23H,1H3,(H,38,43)(H,39,40)/b22-13+. The van der Waals surface area contributed by atoms with Gasteiger partial charge in [-0.15, -0.1) is 0 Å². The second kappa shape index (κ2) is 12.4. The third kappa shape index (κ3) is 6.07. The molecule has 0 bridgehead atoms. The smallest absolute Gasteiger partial charge is 0.256 e. The number of imidazole rings is 1. The van der Waals surface area contributed by atoms with Crippen molar-refractivity contribution in [3.63, 3.8) is 0 Å². The summed E-state index contributed by atoms with van der Waals surface area (Å²) in [5.41, 5.74) is 5.50. The van der Waals surface area contributed by atoms with E-state index in [-0.39, 0.29) is 17.5 Å². The van der Waals surface area contributed by atoms with E-state index in [0.29, 0.717) is 50.4 Å². The van der Waals surface area contributed by atoms with Crippen LogP contribution in [0.2, 0.25) is 0 Å². The monoisotopic (exact) mass is 577 g/mol. The number of nitrogens with one attached hydrogen (secondary N) is 2. The van der Waals surface area contributed by atoms with Gasteiger partial charge in [0.25, 0.3) is 5.91 Å². The van der Waals surface area contributed by atoms with Gasteiger partial charge in [-0.1, -0.05) is 66.7 Å². The van der Waals surface area contributed by atoms with Crippen LogP contribution in [0.4, 0.5) is 5.69 Å². The van der Waals surface area contributed by atoms with Gasteiger partial charge in [0.1, 0.15) is 11.6 Å². The number of methoxy groups -OCH3 is 1. The highest BCUT2D eigenvalue weighted by Crippen LogP contribution is 2.26. The van der Waals surface area contributed by atoms with Gasteiger partial charge in [0.05, 0.1) is 23.7 Å². The fourth-order valence-electron chi connectivity index (χ4n) is 4.82. The third-order valence-electron chi connectivity index (χ3n) is 7.18. The number of H-pyrrole nitrogens is 1. The van der Waals surface area contributed by atoms with Crippen LogP contribution in [0.5, 0.6) is 5.75 Å². The number of aromatic nitrogens is 2. The summed E-state index contributed by atoms with van der Waals surface area (Å²) in [6.45, 7) is 0. The Kier molecular flexibility index (Phi) is 7.92. The lowest BCUT2D eigenvalue weighted by Crippen LogP contribution is -2.13. The molecule has 0 saturated heterocycles. The summed E-state index contributed by atoms with van der Waals surface area (Å²) in [7, 11) is 1.60. The number of hydrogen-bond acceptors (Lipinski definition) is 5. The van der Waals surface area contributed by atoms with Crippen molar-refractivity contribution in [2.45, 2.75) is 0 Å².